The number of pyridine rings is 1. The summed E-state index contributed by atoms with van der Waals surface area (Å²) < 4.78 is 39.3. The summed E-state index contributed by atoms with van der Waals surface area (Å²) in [6.45, 7) is 6.05. The van der Waals surface area contributed by atoms with E-state index in [0.717, 1.165) is 10.9 Å². The minimum atomic E-state index is -4.20. The minimum absolute atomic E-state index is 0.199. The van der Waals surface area contributed by atoms with Crippen molar-refractivity contribution in [2.75, 3.05) is 12.3 Å². The molecule has 0 saturated carbocycles. The lowest BCUT2D eigenvalue weighted by atomic mass is 10.2. The van der Waals surface area contributed by atoms with Crippen molar-refractivity contribution < 1.29 is 27.9 Å². The van der Waals surface area contributed by atoms with Gasteiger partial charge in [-0.2, -0.15) is 5.09 Å². The van der Waals surface area contributed by atoms with Crippen LogP contribution in [-0.2, 0) is 31.8 Å². The number of para-hydroxylation sites is 2. The number of hydrogen-bond donors (Lipinski definition) is 2. The molecule has 230 valence electrons. The molecule has 0 unspecified atom stereocenters. The lowest BCUT2D eigenvalue weighted by molar-refractivity contribution is -0.136. The smallest absolute Gasteiger partial charge is 0.425 e. The van der Waals surface area contributed by atoms with Gasteiger partial charge in [-0.1, -0.05) is 48.0 Å². The number of nitrogen functional groups attached to an aromatic ring is 1. The first-order valence-electron chi connectivity index (χ1n) is 14.0. The first-order chi connectivity index (χ1) is 21.2. The van der Waals surface area contributed by atoms with E-state index in [9.17, 15) is 9.36 Å². The number of nitrogens with two attached hydrogens (primary N) is 1. The van der Waals surface area contributed by atoms with Crippen molar-refractivity contribution >= 4 is 53.1 Å². The summed E-state index contributed by atoms with van der Waals surface area (Å²) in [6, 6.07) is 21.4. The molecule has 0 fully saturated rings. The highest BCUT2D eigenvalue weighted by Gasteiger charge is 2.35. The number of anilines is 1. The molecule has 3 N–H and O–H groups in total. The molecule has 0 aliphatic carbocycles. The molecule has 0 spiro atoms. The van der Waals surface area contributed by atoms with Crippen LogP contribution in [0, 0.1) is 0 Å². The molecule has 0 bridgehead atoms. The fourth-order valence-corrected chi connectivity index (χ4v) is 6.43. The topological polar surface area (TPSA) is 140 Å². The molecule has 0 aliphatic rings. The molecule has 2 aromatic heterocycles. The highest BCUT2D eigenvalue weighted by atomic mass is 35.5. The molecule has 3 aromatic carbocycles. The number of carbonyl (C=O) groups is 1. The summed E-state index contributed by atoms with van der Waals surface area (Å²) in [4.78, 5) is 22.2. The zero-order chi connectivity index (χ0) is 31.3. The van der Waals surface area contributed by atoms with Crippen molar-refractivity contribution in [3.63, 3.8) is 0 Å². The van der Waals surface area contributed by atoms with Crippen LogP contribution in [-0.4, -0.2) is 39.3 Å². The van der Waals surface area contributed by atoms with Crippen molar-refractivity contribution in [1.29, 1.82) is 0 Å². The lowest BCUT2D eigenvalue weighted by Gasteiger charge is -2.26. The third-order valence-electron chi connectivity index (χ3n) is 6.59. The second-order valence-electron chi connectivity index (χ2n) is 10.0. The Morgan fingerprint density at radius 3 is 2.43 bits per heavy atom. The van der Waals surface area contributed by atoms with Gasteiger partial charge in [-0.05, 0) is 63.2 Å². The van der Waals surface area contributed by atoms with Gasteiger partial charge in [0.25, 0.3) is 0 Å². The first-order valence-corrected chi connectivity index (χ1v) is 16.0. The van der Waals surface area contributed by atoms with Gasteiger partial charge >= 0.3 is 13.7 Å². The maximum atomic E-state index is 14.3. The third-order valence-corrected chi connectivity index (χ3v) is 8.63. The van der Waals surface area contributed by atoms with Gasteiger partial charge < -0.3 is 24.3 Å². The number of ether oxygens (including phenoxy) is 2. The summed E-state index contributed by atoms with van der Waals surface area (Å²) in [5.74, 6) is 0.803. The SMILES string of the molecule is CCOCc1nc2c(N)nc3ccccc3c2n1C[C@@H](C)O[P@@](=O)(N[C@@H](C)C(=O)Oc1ccccc1)Oc1ccc(Cl)cc1. The van der Waals surface area contributed by atoms with Gasteiger partial charge in [0, 0.05) is 17.0 Å². The lowest BCUT2D eigenvalue weighted by Crippen LogP contribution is -2.37. The molecule has 0 amide bonds. The molecular formula is C31H33ClN5O6P. The van der Waals surface area contributed by atoms with Gasteiger partial charge in [0.15, 0.2) is 5.82 Å². The van der Waals surface area contributed by atoms with Gasteiger partial charge in [0.1, 0.15) is 35.5 Å². The Balaban J connectivity index is 1.45. The molecule has 0 saturated heterocycles. The van der Waals surface area contributed by atoms with E-state index in [4.69, 9.17) is 40.8 Å². The van der Waals surface area contributed by atoms with Crippen LogP contribution < -0.4 is 20.1 Å². The van der Waals surface area contributed by atoms with E-state index in [-0.39, 0.29) is 24.7 Å². The Kier molecular flexibility index (Phi) is 9.83. The summed E-state index contributed by atoms with van der Waals surface area (Å²) in [7, 11) is -4.20. The summed E-state index contributed by atoms with van der Waals surface area (Å²) in [6.07, 6.45) is -0.719. The molecule has 5 aromatic rings. The number of carbonyl (C=O) groups excluding carboxylic acids is 1. The van der Waals surface area contributed by atoms with Crippen LogP contribution in [0.1, 0.15) is 26.6 Å². The number of fused-ring (bicyclic) bond motifs is 3. The third kappa shape index (κ3) is 7.38. The Labute approximate surface area is 259 Å². The largest absolute Gasteiger partial charge is 0.459 e. The van der Waals surface area contributed by atoms with E-state index in [1.165, 1.54) is 6.92 Å². The summed E-state index contributed by atoms with van der Waals surface area (Å²) in [5, 5.41) is 4.05. The predicted molar refractivity (Wildman–Crippen MR) is 170 cm³/mol. The first kappa shape index (κ1) is 31.4. The van der Waals surface area contributed by atoms with Gasteiger partial charge in [-0.15, -0.1) is 0 Å². The molecule has 2 heterocycles. The Morgan fingerprint density at radius 2 is 1.70 bits per heavy atom. The number of halogens is 1. The average Bonchev–Trinajstić information content (AvgIpc) is 3.36. The van der Waals surface area contributed by atoms with Crippen LogP contribution in [0.2, 0.25) is 5.02 Å². The van der Waals surface area contributed by atoms with E-state index in [1.54, 1.807) is 61.5 Å². The molecule has 5 rings (SSSR count). The normalized spacial score (nSPS) is 14.3. The maximum absolute atomic E-state index is 14.3. The highest BCUT2D eigenvalue weighted by Crippen LogP contribution is 2.46. The molecule has 0 radical (unpaired) electrons. The molecule has 3 atom stereocenters. The highest BCUT2D eigenvalue weighted by molar-refractivity contribution is 7.52. The van der Waals surface area contributed by atoms with Gasteiger partial charge in [-0.25, -0.2) is 19.3 Å². The molecular weight excluding hydrogens is 605 g/mol. The van der Waals surface area contributed by atoms with Crippen LogP contribution in [0.15, 0.2) is 78.9 Å². The number of aromatic nitrogens is 3. The number of nitrogens with one attached hydrogen (secondary N) is 1. The number of benzene rings is 3. The van der Waals surface area contributed by atoms with E-state index >= 15 is 0 Å². The van der Waals surface area contributed by atoms with Gasteiger partial charge in [0.2, 0.25) is 0 Å². The zero-order valence-corrected chi connectivity index (χ0v) is 26.1. The monoisotopic (exact) mass is 637 g/mol. The number of hydrogen-bond acceptors (Lipinski definition) is 9. The fraction of sp³-hybridized carbons (Fsp3) is 0.258. The van der Waals surface area contributed by atoms with Crippen LogP contribution in [0.4, 0.5) is 5.82 Å². The van der Waals surface area contributed by atoms with Crippen molar-refractivity contribution in [3.05, 3.63) is 89.7 Å². The summed E-state index contributed by atoms with van der Waals surface area (Å²) in [5.41, 5.74) is 8.30. The second kappa shape index (κ2) is 13.8. The molecule has 11 nitrogen and oxygen atoms in total. The van der Waals surface area contributed by atoms with Gasteiger partial charge in [0.05, 0.1) is 23.7 Å². The number of nitrogens with zero attached hydrogens (tertiary/aromatic N) is 3. The predicted octanol–water partition coefficient (Wildman–Crippen LogP) is 6.53. The second-order valence-corrected chi connectivity index (χ2v) is 12.1. The Bertz CT molecular complexity index is 1800. The van der Waals surface area contributed by atoms with Crippen molar-refractivity contribution in [2.24, 2.45) is 0 Å². The molecule has 13 heteroatoms. The minimum Gasteiger partial charge on any atom is -0.425 e. The quantitative estimate of drug-likeness (QED) is 0.0831. The van der Waals surface area contributed by atoms with Crippen LogP contribution in [0.3, 0.4) is 0 Å². The van der Waals surface area contributed by atoms with Gasteiger partial charge in [-0.3, -0.25) is 4.52 Å². The van der Waals surface area contributed by atoms with Crippen LogP contribution in [0.5, 0.6) is 11.5 Å². The zero-order valence-electron chi connectivity index (χ0n) is 24.5. The fourth-order valence-electron chi connectivity index (χ4n) is 4.63. The van der Waals surface area contributed by atoms with Crippen LogP contribution in [0.25, 0.3) is 21.9 Å². The van der Waals surface area contributed by atoms with E-state index in [0.29, 0.717) is 34.2 Å². The number of rotatable bonds is 13. The van der Waals surface area contributed by atoms with Crippen LogP contribution >= 0.6 is 19.3 Å². The average molecular weight is 638 g/mol. The molecule has 0 aliphatic heterocycles. The summed E-state index contributed by atoms with van der Waals surface area (Å²) >= 11 is 6.04. The standard InChI is InChI=1S/C31H33ClN5O6P/c1-4-40-19-27-35-28-29(25-12-8-9-13-26(25)34-30(28)33)37(27)18-20(2)42-44(39,43-24-16-14-22(32)15-17-24)36-21(3)31(38)41-23-10-6-5-7-11-23/h5-17,20-21H,4,18-19H2,1-3H3,(H2,33,34)(H,36,39)/t20-,21+,44+/m1/s1. The maximum Gasteiger partial charge on any atom is 0.459 e. The van der Waals surface area contributed by atoms with E-state index in [1.807, 2.05) is 35.8 Å². The Morgan fingerprint density at radius 1 is 1.00 bits per heavy atom. The van der Waals surface area contributed by atoms with Crippen molar-refractivity contribution in [2.45, 2.75) is 46.1 Å². The Hall–Kier alpha value is -3.99. The van der Waals surface area contributed by atoms with E-state index < -0.39 is 25.9 Å². The van der Waals surface area contributed by atoms with Crippen molar-refractivity contribution in [1.82, 2.24) is 19.6 Å². The van der Waals surface area contributed by atoms with Crippen molar-refractivity contribution in [3.8, 4) is 11.5 Å². The van der Waals surface area contributed by atoms with E-state index in [2.05, 4.69) is 10.1 Å². The number of esters is 1. The molecule has 44 heavy (non-hydrogen) atoms. The number of imidazole rings is 1.